The van der Waals surface area contributed by atoms with E-state index in [4.69, 9.17) is 13.9 Å². The number of amides is 1. The summed E-state index contributed by atoms with van der Waals surface area (Å²) in [5.74, 6) is 1.99. The molecule has 2 rings (SSSR count). The fourth-order valence-electron chi connectivity index (χ4n) is 2.22. The van der Waals surface area contributed by atoms with Crippen LogP contribution in [0.1, 0.15) is 25.2 Å². The largest absolute Gasteiger partial charge is 0.490 e. The molecule has 0 saturated carbocycles. The number of hydrogen-bond donors (Lipinski definition) is 1. The summed E-state index contributed by atoms with van der Waals surface area (Å²) in [7, 11) is 0. The molecular formula is C19H22INO4. The molecule has 0 atom stereocenters. The van der Waals surface area contributed by atoms with E-state index in [2.05, 4.69) is 27.9 Å². The lowest BCUT2D eigenvalue weighted by atomic mass is 10.1. The Morgan fingerprint density at radius 2 is 1.92 bits per heavy atom. The maximum atomic E-state index is 11.8. The first-order valence-electron chi connectivity index (χ1n) is 8.22. The summed E-state index contributed by atoms with van der Waals surface area (Å²) in [4.78, 5) is 11.8. The van der Waals surface area contributed by atoms with Crippen LogP contribution in [-0.4, -0.2) is 25.7 Å². The molecule has 0 radical (unpaired) electrons. The lowest BCUT2D eigenvalue weighted by Crippen LogP contribution is -2.23. The third-order valence-electron chi connectivity index (χ3n) is 3.31. The van der Waals surface area contributed by atoms with E-state index in [1.807, 2.05) is 44.2 Å². The molecule has 2 aromatic rings. The minimum atomic E-state index is -0.151. The van der Waals surface area contributed by atoms with Crippen LogP contribution in [-0.2, 0) is 11.2 Å². The average molecular weight is 455 g/mol. The van der Waals surface area contributed by atoms with Crippen molar-refractivity contribution in [3.63, 3.8) is 0 Å². The second-order valence-electron chi connectivity index (χ2n) is 5.16. The van der Waals surface area contributed by atoms with E-state index in [0.717, 1.165) is 20.8 Å². The second-order valence-corrected chi connectivity index (χ2v) is 6.23. The van der Waals surface area contributed by atoms with Crippen molar-refractivity contribution in [2.45, 2.75) is 20.3 Å². The molecule has 0 fully saturated rings. The van der Waals surface area contributed by atoms with Gasteiger partial charge in [0.25, 0.3) is 0 Å². The maximum Gasteiger partial charge on any atom is 0.244 e. The Bertz CT molecular complexity index is 724. The zero-order valence-corrected chi connectivity index (χ0v) is 16.5. The fourth-order valence-corrected chi connectivity index (χ4v) is 2.65. The van der Waals surface area contributed by atoms with Gasteiger partial charge in [-0.2, -0.15) is 0 Å². The molecule has 0 unspecified atom stereocenters. The van der Waals surface area contributed by atoms with Crippen molar-refractivity contribution in [2.75, 3.05) is 19.8 Å². The van der Waals surface area contributed by atoms with Crippen molar-refractivity contribution < 1.29 is 18.7 Å². The molecule has 1 aromatic carbocycles. The fraction of sp³-hybridized carbons (Fsp3) is 0.316. The third-order valence-corrected chi connectivity index (χ3v) is 3.89. The minimum Gasteiger partial charge on any atom is -0.490 e. The molecule has 0 aliphatic carbocycles. The van der Waals surface area contributed by atoms with E-state index < -0.39 is 0 Å². The lowest BCUT2D eigenvalue weighted by molar-refractivity contribution is -0.116. The zero-order chi connectivity index (χ0) is 18.1. The summed E-state index contributed by atoms with van der Waals surface area (Å²) >= 11 is 2.08. The van der Waals surface area contributed by atoms with Crippen molar-refractivity contribution >= 4 is 34.6 Å². The predicted octanol–water partition coefficient (Wildman–Crippen LogP) is 4.05. The van der Waals surface area contributed by atoms with Gasteiger partial charge in [0.1, 0.15) is 5.76 Å². The molecule has 0 spiro atoms. The molecule has 1 heterocycles. The van der Waals surface area contributed by atoms with E-state index in [9.17, 15) is 4.79 Å². The second kappa shape index (κ2) is 10.1. The van der Waals surface area contributed by atoms with E-state index in [1.54, 1.807) is 6.08 Å². The Hall–Kier alpha value is -1.96. The maximum absolute atomic E-state index is 11.8. The molecule has 1 aromatic heterocycles. The molecule has 5 nitrogen and oxygen atoms in total. The SMILES string of the molecule is CCOc1ccc(CCNC(=O)/C=C/c2ccc(I)o2)cc1OCC. The number of nitrogens with one attached hydrogen (secondary N) is 1. The summed E-state index contributed by atoms with van der Waals surface area (Å²) in [5.41, 5.74) is 1.08. The molecular weight excluding hydrogens is 433 g/mol. The molecule has 0 saturated heterocycles. The van der Waals surface area contributed by atoms with Crippen LogP contribution in [0.5, 0.6) is 11.5 Å². The molecule has 0 bridgehead atoms. The highest BCUT2D eigenvalue weighted by Crippen LogP contribution is 2.28. The van der Waals surface area contributed by atoms with E-state index in [0.29, 0.717) is 31.9 Å². The van der Waals surface area contributed by atoms with Gasteiger partial charge in [-0.05, 0) is 78.8 Å². The van der Waals surface area contributed by atoms with Gasteiger partial charge in [0.15, 0.2) is 15.3 Å². The number of rotatable bonds is 9. The molecule has 0 aliphatic heterocycles. The van der Waals surface area contributed by atoms with Gasteiger partial charge in [0.2, 0.25) is 5.91 Å². The molecule has 0 aliphatic rings. The zero-order valence-electron chi connectivity index (χ0n) is 14.4. The van der Waals surface area contributed by atoms with Gasteiger partial charge in [0, 0.05) is 12.6 Å². The van der Waals surface area contributed by atoms with Crippen molar-refractivity contribution in [1.82, 2.24) is 5.32 Å². The number of carbonyl (C=O) groups excluding carboxylic acids is 1. The number of carbonyl (C=O) groups is 1. The highest BCUT2D eigenvalue weighted by atomic mass is 127. The quantitative estimate of drug-likeness (QED) is 0.458. The Kier molecular flexibility index (Phi) is 7.84. The number of halogens is 1. The average Bonchev–Trinajstić information content (AvgIpc) is 3.01. The van der Waals surface area contributed by atoms with Gasteiger partial charge in [-0.25, -0.2) is 0 Å². The first-order chi connectivity index (χ1) is 12.1. The summed E-state index contributed by atoms with van der Waals surface area (Å²) < 4.78 is 17.3. The van der Waals surface area contributed by atoms with E-state index in [1.165, 1.54) is 6.08 Å². The first-order valence-corrected chi connectivity index (χ1v) is 9.30. The smallest absolute Gasteiger partial charge is 0.244 e. The van der Waals surface area contributed by atoms with Crippen molar-refractivity contribution in [2.24, 2.45) is 0 Å². The number of hydrogen-bond acceptors (Lipinski definition) is 4. The number of ether oxygens (including phenoxy) is 2. The van der Waals surface area contributed by atoms with Crippen molar-refractivity contribution in [3.8, 4) is 11.5 Å². The third kappa shape index (κ3) is 6.45. The van der Waals surface area contributed by atoms with Gasteiger partial charge in [0.05, 0.1) is 13.2 Å². The highest BCUT2D eigenvalue weighted by molar-refractivity contribution is 14.1. The lowest BCUT2D eigenvalue weighted by Gasteiger charge is -2.12. The summed E-state index contributed by atoms with van der Waals surface area (Å²) in [6, 6.07) is 9.52. The number of benzene rings is 1. The Labute approximate surface area is 161 Å². The van der Waals surface area contributed by atoms with Crippen molar-refractivity contribution in [3.05, 3.63) is 51.5 Å². The number of furan rings is 1. The van der Waals surface area contributed by atoms with Gasteiger partial charge in [-0.3, -0.25) is 4.79 Å². The monoisotopic (exact) mass is 455 g/mol. The molecule has 1 amide bonds. The van der Waals surface area contributed by atoms with Crippen LogP contribution in [0.3, 0.4) is 0 Å². The molecule has 6 heteroatoms. The molecule has 134 valence electrons. The van der Waals surface area contributed by atoms with Crippen LogP contribution in [0, 0.1) is 3.77 Å². The van der Waals surface area contributed by atoms with Crippen LogP contribution in [0.15, 0.2) is 40.8 Å². The van der Waals surface area contributed by atoms with Gasteiger partial charge < -0.3 is 19.2 Å². The summed E-state index contributed by atoms with van der Waals surface area (Å²) in [6.07, 6.45) is 3.84. The standard InChI is InChI=1S/C19H22INO4/c1-3-23-16-8-5-14(13-17(16)24-4-2)11-12-21-19(22)10-7-15-6-9-18(20)25-15/h5-10,13H,3-4,11-12H2,1-2H3,(H,21,22)/b10-7+. The molecule has 25 heavy (non-hydrogen) atoms. The van der Waals surface area contributed by atoms with Crippen LogP contribution in [0.2, 0.25) is 0 Å². The topological polar surface area (TPSA) is 60.7 Å². The van der Waals surface area contributed by atoms with Crippen LogP contribution < -0.4 is 14.8 Å². The minimum absolute atomic E-state index is 0.151. The summed E-state index contributed by atoms with van der Waals surface area (Å²) in [5, 5.41) is 2.86. The van der Waals surface area contributed by atoms with Crippen LogP contribution in [0.4, 0.5) is 0 Å². The van der Waals surface area contributed by atoms with Gasteiger partial charge in [-0.1, -0.05) is 6.07 Å². The van der Waals surface area contributed by atoms with Crippen LogP contribution in [0.25, 0.3) is 6.08 Å². The van der Waals surface area contributed by atoms with Gasteiger partial charge in [-0.15, -0.1) is 0 Å². The summed E-state index contributed by atoms with van der Waals surface area (Å²) in [6.45, 7) is 5.59. The Morgan fingerprint density at radius 1 is 1.16 bits per heavy atom. The molecule has 1 N–H and O–H groups in total. The first kappa shape index (κ1) is 19.4. The van der Waals surface area contributed by atoms with Crippen LogP contribution >= 0.6 is 22.6 Å². The van der Waals surface area contributed by atoms with Gasteiger partial charge >= 0.3 is 0 Å². The van der Waals surface area contributed by atoms with Crippen molar-refractivity contribution in [1.29, 1.82) is 0 Å². The van der Waals surface area contributed by atoms with E-state index >= 15 is 0 Å². The Balaban J connectivity index is 1.85. The Morgan fingerprint density at radius 3 is 2.60 bits per heavy atom. The normalized spacial score (nSPS) is 10.8. The highest BCUT2D eigenvalue weighted by Gasteiger charge is 2.06. The van der Waals surface area contributed by atoms with E-state index in [-0.39, 0.29) is 5.91 Å². The predicted molar refractivity (Wildman–Crippen MR) is 106 cm³/mol.